The second-order valence-corrected chi connectivity index (χ2v) is 7.27. The summed E-state index contributed by atoms with van der Waals surface area (Å²) < 4.78 is 13.3. The fraction of sp³-hybridized carbons (Fsp3) is 0.300. The number of rotatable bonds is 8. The molecule has 0 spiro atoms. The molecule has 4 rings (SSSR count). The van der Waals surface area contributed by atoms with Crippen LogP contribution in [0.1, 0.15) is 30.0 Å². The largest absolute Gasteiger partial charge is 0.396 e. The van der Waals surface area contributed by atoms with Gasteiger partial charge in [-0.1, -0.05) is 12.1 Å². The Kier molecular flexibility index (Phi) is 5.08. The number of aromatic amines is 1. The number of nitrogens with zero attached hydrogens (tertiary/aromatic N) is 2. The molecule has 1 aliphatic carbocycles. The summed E-state index contributed by atoms with van der Waals surface area (Å²) in [6.45, 7) is -0.845. The van der Waals surface area contributed by atoms with Crippen molar-refractivity contribution in [2.24, 2.45) is 0 Å². The molecule has 0 bridgehead atoms. The van der Waals surface area contributed by atoms with E-state index >= 15 is 0 Å². The number of nitrogens with two attached hydrogens (primary N) is 1. The molecule has 3 aromatic rings. The van der Waals surface area contributed by atoms with Gasteiger partial charge in [0.15, 0.2) is 11.6 Å². The number of hydrogen-bond acceptors (Lipinski definition) is 7. The van der Waals surface area contributed by atoms with Crippen LogP contribution in [0.4, 0.5) is 27.5 Å². The zero-order valence-electron chi connectivity index (χ0n) is 15.7. The van der Waals surface area contributed by atoms with Crippen LogP contribution in [0.3, 0.4) is 0 Å². The second-order valence-electron chi connectivity index (χ2n) is 7.27. The van der Waals surface area contributed by atoms with Gasteiger partial charge >= 0.3 is 0 Å². The fourth-order valence-corrected chi connectivity index (χ4v) is 3.16. The molecule has 0 aliphatic heterocycles. The summed E-state index contributed by atoms with van der Waals surface area (Å²) in [4.78, 5) is 4.46. The fourth-order valence-electron chi connectivity index (χ4n) is 3.16. The lowest BCUT2D eigenvalue weighted by Gasteiger charge is -2.32. The van der Waals surface area contributed by atoms with E-state index in [1.54, 1.807) is 12.1 Å². The quantitative estimate of drug-likeness (QED) is 0.343. The summed E-state index contributed by atoms with van der Waals surface area (Å²) in [5.41, 5.74) is 6.83. The number of halogens is 1. The smallest absolute Gasteiger partial charge is 0.157 e. The molecule has 0 atom stereocenters. The Hall–Kier alpha value is -3.17. The first-order valence-corrected chi connectivity index (χ1v) is 9.38. The highest BCUT2D eigenvalue weighted by atomic mass is 19.1. The van der Waals surface area contributed by atoms with Crippen LogP contribution < -0.4 is 16.4 Å². The molecule has 1 aromatic carbocycles. The summed E-state index contributed by atoms with van der Waals surface area (Å²) in [5, 5.41) is 33.4. The highest BCUT2D eigenvalue weighted by molar-refractivity contribution is 5.69. The van der Waals surface area contributed by atoms with Crippen molar-refractivity contribution in [1.29, 1.82) is 0 Å². The summed E-state index contributed by atoms with van der Waals surface area (Å²) in [5.74, 6) is 1.53. The Balaban J connectivity index is 1.58. The van der Waals surface area contributed by atoms with Gasteiger partial charge in [-0.25, -0.2) is 9.37 Å². The molecule has 0 radical (unpaired) electrons. The van der Waals surface area contributed by atoms with Crippen LogP contribution in [0.25, 0.3) is 0 Å². The second kappa shape index (κ2) is 7.69. The van der Waals surface area contributed by atoms with Crippen molar-refractivity contribution in [3.63, 3.8) is 0 Å². The maximum atomic E-state index is 13.3. The first kappa shape index (κ1) is 19.2. The van der Waals surface area contributed by atoms with Crippen LogP contribution in [0.2, 0.25) is 0 Å². The lowest BCUT2D eigenvalue weighted by molar-refractivity contribution is 0.135. The molecule has 29 heavy (non-hydrogen) atoms. The predicted octanol–water partition coefficient (Wildman–Crippen LogP) is 2.44. The number of aromatic nitrogens is 3. The van der Waals surface area contributed by atoms with Crippen molar-refractivity contribution in [3.8, 4) is 0 Å². The Morgan fingerprint density at radius 1 is 1.10 bits per heavy atom. The standard InChI is InChI=1S/C20H23FN6O2/c21-14-5-3-13(4-6-14)20(10-28,11-29)25-17-8-7-15(22)19(23-17)24-18-9-16(26-27-18)12-1-2-12/h3-9,12,28-29H,1-2,10-11,22H2,(H3,23,24,25,26,27). The highest BCUT2D eigenvalue weighted by Gasteiger charge is 2.32. The topological polar surface area (TPSA) is 132 Å². The van der Waals surface area contributed by atoms with Gasteiger partial charge < -0.3 is 26.6 Å². The van der Waals surface area contributed by atoms with E-state index in [0.717, 1.165) is 18.5 Å². The van der Waals surface area contributed by atoms with Crippen molar-refractivity contribution in [2.75, 3.05) is 29.6 Å². The van der Waals surface area contributed by atoms with Gasteiger partial charge in [0.1, 0.15) is 17.2 Å². The minimum absolute atomic E-state index is 0.382. The Morgan fingerprint density at radius 2 is 1.83 bits per heavy atom. The van der Waals surface area contributed by atoms with Gasteiger partial charge in [-0.2, -0.15) is 5.10 Å². The normalized spacial score (nSPS) is 14.0. The first-order chi connectivity index (χ1) is 14.0. The van der Waals surface area contributed by atoms with Crippen molar-refractivity contribution < 1.29 is 14.6 Å². The van der Waals surface area contributed by atoms with Gasteiger partial charge in [-0.15, -0.1) is 0 Å². The molecule has 0 amide bonds. The van der Waals surface area contributed by atoms with E-state index in [9.17, 15) is 14.6 Å². The van der Waals surface area contributed by atoms with Crippen LogP contribution in [0.15, 0.2) is 42.5 Å². The molecule has 1 fully saturated rings. The summed E-state index contributed by atoms with van der Waals surface area (Å²) in [6, 6.07) is 10.8. The minimum atomic E-state index is -1.24. The summed E-state index contributed by atoms with van der Waals surface area (Å²) in [6.07, 6.45) is 2.32. The maximum Gasteiger partial charge on any atom is 0.157 e. The van der Waals surface area contributed by atoms with Gasteiger partial charge in [0.25, 0.3) is 0 Å². The molecule has 7 N–H and O–H groups in total. The van der Waals surface area contributed by atoms with Crippen LogP contribution in [0.5, 0.6) is 0 Å². The Labute approximate surface area is 167 Å². The van der Waals surface area contributed by atoms with Gasteiger partial charge in [-0.3, -0.25) is 5.10 Å². The lowest BCUT2D eigenvalue weighted by atomic mass is 9.91. The van der Waals surface area contributed by atoms with E-state index in [4.69, 9.17) is 5.73 Å². The first-order valence-electron chi connectivity index (χ1n) is 9.38. The number of nitrogen functional groups attached to an aromatic ring is 1. The SMILES string of the molecule is Nc1ccc(NC(CO)(CO)c2ccc(F)cc2)nc1Nc1cc(C2CC2)[nH]n1. The zero-order valence-corrected chi connectivity index (χ0v) is 15.7. The van der Waals surface area contributed by atoms with Gasteiger partial charge in [0.05, 0.1) is 18.9 Å². The number of pyridine rings is 1. The maximum absolute atomic E-state index is 13.3. The summed E-state index contributed by atoms with van der Waals surface area (Å²) >= 11 is 0. The van der Waals surface area contributed by atoms with Crippen LogP contribution in [0, 0.1) is 5.82 Å². The van der Waals surface area contributed by atoms with E-state index < -0.39 is 24.6 Å². The van der Waals surface area contributed by atoms with E-state index in [0.29, 0.717) is 34.6 Å². The molecule has 152 valence electrons. The van der Waals surface area contributed by atoms with E-state index in [1.807, 2.05) is 6.07 Å². The minimum Gasteiger partial charge on any atom is -0.396 e. The van der Waals surface area contributed by atoms with Crippen LogP contribution >= 0.6 is 0 Å². The van der Waals surface area contributed by atoms with Gasteiger partial charge in [0.2, 0.25) is 0 Å². The predicted molar refractivity (Wildman–Crippen MR) is 108 cm³/mol. The Morgan fingerprint density at radius 3 is 2.48 bits per heavy atom. The number of hydrogen-bond donors (Lipinski definition) is 6. The number of aliphatic hydroxyl groups excluding tert-OH is 2. The summed E-state index contributed by atoms with van der Waals surface area (Å²) in [7, 11) is 0. The Bertz CT molecular complexity index is 983. The van der Waals surface area contributed by atoms with Crippen molar-refractivity contribution in [2.45, 2.75) is 24.3 Å². The third kappa shape index (κ3) is 4.01. The molecule has 1 aliphatic rings. The average molecular weight is 398 g/mol. The van der Waals surface area contributed by atoms with Crippen molar-refractivity contribution in [1.82, 2.24) is 15.2 Å². The number of aliphatic hydroxyl groups is 2. The number of nitrogens with one attached hydrogen (secondary N) is 3. The van der Waals surface area contributed by atoms with Crippen LogP contribution in [-0.2, 0) is 5.54 Å². The molecule has 1 saturated carbocycles. The van der Waals surface area contributed by atoms with Crippen molar-refractivity contribution in [3.05, 3.63) is 59.5 Å². The monoisotopic (exact) mass is 398 g/mol. The van der Waals surface area contributed by atoms with Gasteiger partial charge in [0, 0.05) is 17.7 Å². The molecule has 2 aromatic heterocycles. The molecule has 0 saturated heterocycles. The van der Waals surface area contributed by atoms with E-state index in [-0.39, 0.29) is 0 Å². The third-order valence-corrected chi connectivity index (χ3v) is 5.09. The molecular weight excluding hydrogens is 375 g/mol. The molecular formula is C20H23FN6O2. The molecule has 8 nitrogen and oxygen atoms in total. The molecule has 2 heterocycles. The molecule has 0 unspecified atom stereocenters. The van der Waals surface area contributed by atoms with Crippen LogP contribution in [-0.4, -0.2) is 38.6 Å². The van der Waals surface area contributed by atoms with E-state index in [1.165, 1.54) is 24.3 Å². The highest BCUT2D eigenvalue weighted by Crippen LogP contribution is 2.39. The number of H-pyrrole nitrogens is 1. The third-order valence-electron chi connectivity index (χ3n) is 5.09. The number of benzene rings is 1. The molecule has 9 heteroatoms. The number of anilines is 4. The van der Waals surface area contributed by atoms with Crippen molar-refractivity contribution >= 4 is 23.1 Å². The lowest BCUT2D eigenvalue weighted by Crippen LogP contribution is -2.43. The zero-order chi connectivity index (χ0) is 20.4. The average Bonchev–Trinajstić information content (AvgIpc) is 3.48. The van der Waals surface area contributed by atoms with E-state index in [2.05, 4.69) is 25.8 Å². The van der Waals surface area contributed by atoms with Gasteiger partial charge in [-0.05, 0) is 42.7 Å².